The van der Waals surface area contributed by atoms with Crippen LogP contribution in [-0.4, -0.2) is 20.6 Å². The van der Waals surface area contributed by atoms with E-state index >= 15 is 0 Å². The molecular weight excluding hydrogens is 321 g/mol. The summed E-state index contributed by atoms with van der Waals surface area (Å²) in [5, 5.41) is 12.8. The van der Waals surface area contributed by atoms with E-state index in [-0.39, 0.29) is 6.54 Å². The molecular formula is C19H18FN3O2. The molecule has 3 aromatic rings. The summed E-state index contributed by atoms with van der Waals surface area (Å²) in [4.78, 5) is 16.4. The van der Waals surface area contributed by atoms with Gasteiger partial charge in [-0.25, -0.2) is 9.37 Å². The van der Waals surface area contributed by atoms with E-state index in [1.54, 1.807) is 6.20 Å². The van der Waals surface area contributed by atoms with Gasteiger partial charge in [-0.1, -0.05) is 30.3 Å². The number of aromatic nitrogens is 2. The Morgan fingerprint density at radius 2 is 1.96 bits per heavy atom. The first-order valence-corrected chi connectivity index (χ1v) is 7.86. The molecule has 5 nitrogen and oxygen atoms in total. The zero-order valence-electron chi connectivity index (χ0n) is 13.7. The summed E-state index contributed by atoms with van der Waals surface area (Å²) in [6.45, 7) is 2.15. The van der Waals surface area contributed by atoms with Gasteiger partial charge in [-0.3, -0.25) is 4.79 Å². The van der Waals surface area contributed by atoms with Gasteiger partial charge in [0, 0.05) is 18.9 Å². The van der Waals surface area contributed by atoms with Gasteiger partial charge in [0.1, 0.15) is 11.6 Å². The third-order valence-corrected chi connectivity index (χ3v) is 3.96. The molecule has 6 heteroatoms. The lowest BCUT2D eigenvalue weighted by Gasteiger charge is -2.15. The molecule has 1 heterocycles. The normalized spacial score (nSPS) is 12.0. The van der Waals surface area contributed by atoms with E-state index in [2.05, 4.69) is 10.3 Å². The number of para-hydroxylation sites is 1. The van der Waals surface area contributed by atoms with E-state index in [0.717, 1.165) is 17.1 Å². The molecule has 25 heavy (non-hydrogen) atoms. The largest absolute Gasteiger partial charge is 0.378 e. The molecule has 0 aliphatic rings. The van der Waals surface area contributed by atoms with Gasteiger partial charge in [-0.15, -0.1) is 0 Å². The minimum Gasteiger partial charge on any atom is -0.378 e. The molecule has 1 atom stereocenters. The van der Waals surface area contributed by atoms with E-state index in [9.17, 15) is 14.3 Å². The number of halogens is 1. The fraction of sp³-hybridized carbons (Fsp3) is 0.158. The van der Waals surface area contributed by atoms with Gasteiger partial charge in [0.25, 0.3) is 5.91 Å². The predicted octanol–water partition coefficient (Wildman–Crippen LogP) is 2.67. The van der Waals surface area contributed by atoms with Crippen LogP contribution in [0.15, 0.2) is 60.9 Å². The van der Waals surface area contributed by atoms with Gasteiger partial charge in [0.2, 0.25) is 0 Å². The minimum atomic E-state index is -1.34. The fourth-order valence-corrected chi connectivity index (χ4v) is 2.60. The molecule has 0 saturated carbocycles. The van der Waals surface area contributed by atoms with Crippen LogP contribution in [0.1, 0.15) is 23.1 Å². The first kappa shape index (κ1) is 16.9. The van der Waals surface area contributed by atoms with E-state index < -0.39 is 17.8 Å². The lowest BCUT2D eigenvalue weighted by atomic mass is 10.1. The number of aryl methyl sites for hydroxylation is 1. The van der Waals surface area contributed by atoms with E-state index in [1.807, 2.05) is 42.0 Å². The second kappa shape index (κ2) is 7.27. The maximum atomic E-state index is 12.9. The number of imidazole rings is 1. The van der Waals surface area contributed by atoms with Crippen LogP contribution in [0.25, 0.3) is 5.69 Å². The van der Waals surface area contributed by atoms with Crippen LogP contribution < -0.4 is 5.32 Å². The van der Waals surface area contributed by atoms with E-state index in [1.165, 1.54) is 24.3 Å². The summed E-state index contributed by atoms with van der Waals surface area (Å²) in [7, 11) is 0. The zero-order chi connectivity index (χ0) is 17.8. The maximum Gasteiger partial charge on any atom is 0.253 e. The number of amides is 1. The van der Waals surface area contributed by atoms with Crippen LogP contribution >= 0.6 is 0 Å². The van der Waals surface area contributed by atoms with Crippen LogP contribution in [0.5, 0.6) is 0 Å². The quantitative estimate of drug-likeness (QED) is 0.751. The number of aliphatic hydroxyl groups is 1. The molecule has 0 unspecified atom stereocenters. The van der Waals surface area contributed by atoms with Crippen molar-refractivity contribution in [2.75, 3.05) is 0 Å². The summed E-state index contributed by atoms with van der Waals surface area (Å²) in [5.41, 5.74) is 2.15. The number of benzene rings is 2. The second-order valence-corrected chi connectivity index (χ2v) is 5.65. The monoisotopic (exact) mass is 339 g/mol. The summed E-state index contributed by atoms with van der Waals surface area (Å²) in [6, 6.07) is 12.8. The van der Waals surface area contributed by atoms with Crippen molar-refractivity contribution in [1.29, 1.82) is 0 Å². The molecule has 0 spiro atoms. The molecule has 1 amide bonds. The van der Waals surface area contributed by atoms with Crippen LogP contribution in [0.2, 0.25) is 0 Å². The molecule has 0 aliphatic carbocycles. The standard InChI is InChI=1S/C19H18FN3O2/c1-13-21-10-11-23(13)17-5-3-2-4-15(17)12-22-19(25)18(24)14-6-8-16(20)9-7-14/h2-11,18,24H,12H2,1H3,(H,22,25)/t18-/m1/s1. The molecule has 0 fully saturated rings. The molecule has 0 aliphatic heterocycles. The SMILES string of the molecule is Cc1nccn1-c1ccccc1CNC(=O)[C@H](O)c1ccc(F)cc1. The second-order valence-electron chi connectivity index (χ2n) is 5.65. The van der Waals surface area contributed by atoms with Gasteiger partial charge in [0.15, 0.2) is 6.10 Å². The maximum absolute atomic E-state index is 12.9. The Morgan fingerprint density at radius 3 is 2.64 bits per heavy atom. The number of carbonyl (C=O) groups is 1. The van der Waals surface area contributed by atoms with Crippen molar-refractivity contribution in [3.05, 3.63) is 83.7 Å². The Balaban J connectivity index is 1.73. The Bertz CT molecular complexity index is 874. The first-order valence-electron chi connectivity index (χ1n) is 7.86. The Morgan fingerprint density at radius 1 is 1.24 bits per heavy atom. The smallest absolute Gasteiger partial charge is 0.253 e. The van der Waals surface area contributed by atoms with Gasteiger partial charge in [-0.05, 0) is 36.2 Å². The van der Waals surface area contributed by atoms with Crippen LogP contribution in [0, 0.1) is 12.7 Å². The Hall–Kier alpha value is -2.99. The summed E-state index contributed by atoms with van der Waals surface area (Å²) >= 11 is 0. The van der Waals surface area contributed by atoms with Crippen molar-refractivity contribution >= 4 is 5.91 Å². The van der Waals surface area contributed by atoms with Crippen LogP contribution in [-0.2, 0) is 11.3 Å². The van der Waals surface area contributed by atoms with E-state index in [0.29, 0.717) is 5.56 Å². The lowest BCUT2D eigenvalue weighted by Crippen LogP contribution is -2.29. The van der Waals surface area contributed by atoms with Crippen LogP contribution in [0.4, 0.5) is 4.39 Å². The van der Waals surface area contributed by atoms with Gasteiger partial charge in [-0.2, -0.15) is 0 Å². The zero-order valence-corrected chi connectivity index (χ0v) is 13.7. The van der Waals surface area contributed by atoms with Crippen molar-refractivity contribution in [2.45, 2.75) is 19.6 Å². The minimum absolute atomic E-state index is 0.255. The number of carbonyl (C=O) groups excluding carboxylic acids is 1. The number of hydrogen-bond acceptors (Lipinski definition) is 3. The average molecular weight is 339 g/mol. The Labute approximate surface area is 144 Å². The predicted molar refractivity (Wildman–Crippen MR) is 91.5 cm³/mol. The molecule has 0 radical (unpaired) electrons. The highest BCUT2D eigenvalue weighted by Gasteiger charge is 2.17. The molecule has 128 valence electrons. The number of nitrogens with zero attached hydrogens (tertiary/aromatic N) is 2. The topological polar surface area (TPSA) is 67.2 Å². The molecule has 0 bridgehead atoms. The number of hydrogen-bond donors (Lipinski definition) is 2. The molecule has 1 aromatic heterocycles. The molecule has 0 saturated heterocycles. The van der Waals surface area contributed by atoms with Crippen LogP contribution in [0.3, 0.4) is 0 Å². The third-order valence-electron chi connectivity index (χ3n) is 3.96. The summed E-state index contributed by atoms with van der Waals surface area (Å²) in [6.07, 6.45) is 2.22. The summed E-state index contributed by atoms with van der Waals surface area (Å²) in [5.74, 6) is -0.116. The van der Waals surface area contributed by atoms with Crippen molar-refractivity contribution in [2.24, 2.45) is 0 Å². The lowest BCUT2D eigenvalue weighted by molar-refractivity contribution is -0.129. The fourth-order valence-electron chi connectivity index (χ4n) is 2.60. The van der Waals surface area contributed by atoms with Crippen molar-refractivity contribution < 1.29 is 14.3 Å². The Kier molecular flexibility index (Phi) is 4.90. The average Bonchev–Trinajstić information content (AvgIpc) is 3.05. The number of nitrogens with one attached hydrogen (secondary N) is 1. The molecule has 3 rings (SSSR count). The number of rotatable bonds is 5. The molecule has 2 aromatic carbocycles. The van der Waals surface area contributed by atoms with Crippen molar-refractivity contribution in [1.82, 2.24) is 14.9 Å². The highest BCUT2D eigenvalue weighted by atomic mass is 19.1. The summed E-state index contributed by atoms with van der Waals surface area (Å²) < 4.78 is 14.9. The van der Waals surface area contributed by atoms with Gasteiger partial charge in [0.05, 0.1) is 5.69 Å². The number of aliphatic hydroxyl groups excluding tert-OH is 1. The molecule has 2 N–H and O–H groups in total. The van der Waals surface area contributed by atoms with Gasteiger partial charge < -0.3 is 15.0 Å². The highest BCUT2D eigenvalue weighted by molar-refractivity contribution is 5.81. The highest BCUT2D eigenvalue weighted by Crippen LogP contribution is 2.17. The first-order chi connectivity index (χ1) is 12.1. The van der Waals surface area contributed by atoms with E-state index in [4.69, 9.17) is 0 Å². The van der Waals surface area contributed by atoms with Crippen molar-refractivity contribution in [3.63, 3.8) is 0 Å². The van der Waals surface area contributed by atoms with Crippen molar-refractivity contribution in [3.8, 4) is 5.69 Å². The van der Waals surface area contributed by atoms with Gasteiger partial charge >= 0.3 is 0 Å². The third kappa shape index (κ3) is 3.75.